The maximum atomic E-state index is 12.7. The Kier molecular flexibility index (Phi) is 4.72. The van der Waals surface area contributed by atoms with Gasteiger partial charge in [-0.1, -0.05) is 41.6 Å². The highest BCUT2D eigenvalue weighted by Gasteiger charge is 2.27. The number of hydrogen-bond donors (Lipinski definition) is 0. The molecule has 25 heavy (non-hydrogen) atoms. The molecule has 3 aromatic rings. The molecule has 6 heteroatoms. The Balaban J connectivity index is 1.41. The fourth-order valence-electron chi connectivity index (χ4n) is 3.27. The number of carbonyl (C=O) groups excluding carboxylic acids is 1. The summed E-state index contributed by atoms with van der Waals surface area (Å²) in [5, 5.41) is 6.05. The molecule has 1 saturated heterocycles. The molecule has 128 valence electrons. The van der Waals surface area contributed by atoms with Gasteiger partial charge in [-0.25, -0.2) is 0 Å². The summed E-state index contributed by atoms with van der Waals surface area (Å²) in [6.45, 7) is 2.29. The second kappa shape index (κ2) is 7.29. The standard InChI is InChI=1S/C19H19N3O2S/c23-18(14-6-2-1-3-7-14)15-8-4-10-22(12-15)13-17-20-19(21-24-17)16-9-5-11-25-16/h1-3,5-7,9,11,15H,4,8,10,12-13H2/t15-/m0/s1. The quantitative estimate of drug-likeness (QED) is 0.651. The summed E-state index contributed by atoms with van der Waals surface area (Å²) in [6, 6.07) is 13.5. The average Bonchev–Trinajstić information content (AvgIpc) is 3.34. The Morgan fingerprint density at radius 2 is 2.12 bits per heavy atom. The molecule has 4 rings (SSSR count). The number of nitrogens with zero attached hydrogens (tertiary/aromatic N) is 3. The first-order chi connectivity index (χ1) is 12.3. The van der Waals surface area contributed by atoms with Gasteiger partial charge in [0.2, 0.25) is 11.7 Å². The first-order valence-corrected chi connectivity index (χ1v) is 9.35. The van der Waals surface area contributed by atoms with E-state index >= 15 is 0 Å². The van der Waals surface area contributed by atoms with E-state index in [4.69, 9.17) is 4.52 Å². The van der Waals surface area contributed by atoms with E-state index in [1.54, 1.807) is 11.3 Å². The van der Waals surface area contributed by atoms with E-state index in [0.29, 0.717) is 18.3 Å². The minimum Gasteiger partial charge on any atom is -0.338 e. The van der Waals surface area contributed by atoms with Crippen LogP contribution in [0.1, 0.15) is 29.1 Å². The Bertz CT molecular complexity index is 829. The number of benzene rings is 1. The van der Waals surface area contributed by atoms with Crippen molar-refractivity contribution in [1.82, 2.24) is 15.0 Å². The van der Waals surface area contributed by atoms with E-state index in [2.05, 4.69) is 15.0 Å². The summed E-state index contributed by atoms with van der Waals surface area (Å²) >= 11 is 1.59. The van der Waals surface area contributed by atoms with E-state index < -0.39 is 0 Å². The molecule has 0 spiro atoms. The summed E-state index contributed by atoms with van der Waals surface area (Å²) < 4.78 is 5.39. The third-order valence-corrected chi connectivity index (χ3v) is 5.37. The summed E-state index contributed by atoms with van der Waals surface area (Å²) in [6.07, 6.45) is 1.95. The van der Waals surface area contributed by atoms with Crippen LogP contribution in [-0.2, 0) is 6.54 Å². The third-order valence-electron chi connectivity index (χ3n) is 4.50. The zero-order valence-electron chi connectivity index (χ0n) is 13.8. The third kappa shape index (κ3) is 3.70. The van der Waals surface area contributed by atoms with Gasteiger partial charge in [0.15, 0.2) is 5.78 Å². The molecule has 1 fully saturated rings. The van der Waals surface area contributed by atoms with Crippen LogP contribution in [0.2, 0.25) is 0 Å². The maximum absolute atomic E-state index is 12.7. The predicted octanol–water partition coefficient (Wildman–Crippen LogP) is 3.89. The smallest absolute Gasteiger partial charge is 0.241 e. The fraction of sp³-hybridized carbons (Fsp3) is 0.316. The van der Waals surface area contributed by atoms with Gasteiger partial charge in [-0.3, -0.25) is 9.69 Å². The molecule has 0 N–H and O–H groups in total. The van der Waals surface area contributed by atoms with Crippen LogP contribution < -0.4 is 0 Å². The van der Waals surface area contributed by atoms with Gasteiger partial charge in [0.25, 0.3) is 0 Å². The largest absolute Gasteiger partial charge is 0.338 e. The Morgan fingerprint density at radius 1 is 1.24 bits per heavy atom. The van der Waals surface area contributed by atoms with E-state index in [9.17, 15) is 4.79 Å². The van der Waals surface area contributed by atoms with Gasteiger partial charge in [0.05, 0.1) is 11.4 Å². The summed E-state index contributed by atoms with van der Waals surface area (Å²) in [7, 11) is 0. The molecule has 3 heterocycles. The number of rotatable bonds is 5. The minimum atomic E-state index is 0.0378. The van der Waals surface area contributed by atoms with Crippen molar-refractivity contribution in [3.63, 3.8) is 0 Å². The molecule has 0 saturated carbocycles. The Morgan fingerprint density at radius 3 is 2.92 bits per heavy atom. The Labute approximate surface area is 150 Å². The lowest BCUT2D eigenvalue weighted by Crippen LogP contribution is -2.38. The second-order valence-corrected chi connectivity index (χ2v) is 7.24. The number of likely N-dealkylation sites (tertiary alicyclic amines) is 1. The van der Waals surface area contributed by atoms with Gasteiger partial charge < -0.3 is 4.52 Å². The van der Waals surface area contributed by atoms with Crippen molar-refractivity contribution >= 4 is 17.1 Å². The minimum absolute atomic E-state index is 0.0378. The molecule has 0 bridgehead atoms. The zero-order valence-corrected chi connectivity index (χ0v) is 14.6. The van der Waals surface area contributed by atoms with E-state index in [1.807, 2.05) is 47.8 Å². The van der Waals surface area contributed by atoms with Crippen LogP contribution in [0, 0.1) is 5.92 Å². The highest BCUT2D eigenvalue weighted by atomic mass is 32.1. The molecule has 1 aliphatic rings. The topological polar surface area (TPSA) is 59.2 Å². The van der Waals surface area contributed by atoms with Crippen LogP contribution in [0.5, 0.6) is 0 Å². The van der Waals surface area contributed by atoms with Crippen molar-refractivity contribution in [2.24, 2.45) is 5.92 Å². The number of ketones is 1. The van der Waals surface area contributed by atoms with Crippen molar-refractivity contribution in [1.29, 1.82) is 0 Å². The summed E-state index contributed by atoms with van der Waals surface area (Å²) in [5.41, 5.74) is 0.798. The van der Waals surface area contributed by atoms with Gasteiger partial charge >= 0.3 is 0 Å². The highest BCUT2D eigenvalue weighted by molar-refractivity contribution is 7.13. The molecule has 5 nitrogen and oxygen atoms in total. The first-order valence-electron chi connectivity index (χ1n) is 8.47. The van der Waals surface area contributed by atoms with Crippen LogP contribution in [0.3, 0.4) is 0 Å². The van der Waals surface area contributed by atoms with Crippen LogP contribution in [-0.4, -0.2) is 33.9 Å². The first kappa shape index (κ1) is 16.2. The fourth-order valence-corrected chi connectivity index (χ4v) is 3.92. The van der Waals surface area contributed by atoms with Crippen molar-refractivity contribution in [2.75, 3.05) is 13.1 Å². The molecule has 0 amide bonds. The number of hydrogen-bond acceptors (Lipinski definition) is 6. The average molecular weight is 353 g/mol. The lowest BCUT2D eigenvalue weighted by atomic mass is 9.90. The monoisotopic (exact) mass is 353 g/mol. The predicted molar refractivity (Wildman–Crippen MR) is 96.4 cm³/mol. The molecule has 1 aromatic carbocycles. The molecule has 2 aromatic heterocycles. The van der Waals surface area contributed by atoms with Crippen LogP contribution >= 0.6 is 11.3 Å². The number of aromatic nitrogens is 2. The van der Waals surface area contributed by atoms with Gasteiger partial charge in [0, 0.05) is 18.0 Å². The summed E-state index contributed by atoms with van der Waals surface area (Å²) in [4.78, 5) is 20.4. The van der Waals surface area contributed by atoms with Gasteiger partial charge in [-0.15, -0.1) is 11.3 Å². The molecule has 1 aliphatic heterocycles. The van der Waals surface area contributed by atoms with Crippen molar-refractivity contribution < 1.29 is 9.32 Å². The van der Waals surface area contributed by atoms with E-state index in [-0.39, 0.29) is 11.7 Å². The van der Waals surface area contributed by atoms with E-state index in [1.165, 1.54) is 0 Å². The Hall–Kier alpha value is -2.31. The molecular formula is C19H19N3O2S. The van der Waals surface area contributed by atoms with Crippen LogP contribution in [0.4, 0.5) is 0 Å². The molecule has 0 radical (unpaired) electrons. The molecule has 1 atom stereocenters. The number of piperidine rings is 1. The maximum Gasteiger partial charge on any atom is 0.241 e. The van der Waals surface area contributed by atoms with E-state index in [0.717, 1.165) is 36.4 Å². The molecule has 0 unspecified atom stereocenters. The number of carbonyl (C=O) groups is 1. The summed E-state index contributed by atoms with van der Waals surface area (Å²) in [5.74, 6) is 1.51. The number of Topliss-reactive ketones (excluding diaryl/α,β-unsaturated/α-hetero) is 1. The zero-order chi connectivity index (χ0) is 17.1. The second-order valence-electron chi connectivity index (χ2n) is 6.29. The lowest BCUT2D eigenvalue weighted by molar-refractivity contribution is 0.0797. The van der Waals surface area contributed by atoms with Crippen molar-refractivity contribution in [2.45, 2.75) is 19.4 Å². The van der Waals surface area contributed by atoms with Gasteiger partial charge in [0.1, 0.15) is 0 Å². The van der Waals surface area contributed by atoms with Gasteiger partial charge in [-0.2, -0.15) is 4.98 Å². The van der Waals surface area contributed by atoms with Gasteiger partial charge in [-0.05, 0) is 30.8 Å². The molecular weight excluding hydrogens is 334 g/mol. The van der Waals surface area contributed by atoms with Crippen LogP contribution in [0.15, 0.2) is 52.4 Å². The van der Waals surface area contributed by atoms with Crippen molar-refractivity contribution in [3.8, 4) is 10.7 Å². The SMILES string of the molecule is O=C(c1ccccc1)[C@H]1CCCN(Cc2nc(-c3cccs3)no2)C1. The lowest BCUT2D eigenvalue weighted by Gasteiger charge is -2.30. The van der Waals surface area contributed by atoms with Crippen LogP contribution in [0.25, 0.3) is 10.7 Å². The number of thiophene rings is 1. The normalized spacial score (nSPS) is 18.3. The molecule has 0 aliphatic carbocycles. The van der Waals surface area contributed by atoms with Crippen molar-refractivity contribution in [3.05, 3.63) is 59.3 Å². The highest BCUT2D eigenvalue weighted by Crippen LogP contribution is 2.24.